The lowest BCUT2D eigenvalue weighted by Crippen LogP contribution is -2.43. The van der Waals surface area contributed by atoms with Crippen LogP contribution in [0.5, 0.6) is 6.01 Å². The molecular weight excluding hydrogens is 284 g/mol. The van der Waals surface area contributed by atoms with Gasteiger partial charge in [-0.15, -0.1) is 0 Å². The number of aromatic nitrogens is 3. The van der Waals surface area contributed by atoms with Crippen LogP contribution in [0.1, 0.15) is 27.2 Å². The summed E-state index contributed by atoms with van der Waals surface area (Å²) in [6.45, 7) is 6.38. The molecule has 1 aliphatic rings. The van der Waals surface area contributed by atoms with E-state index in [2.05, 4.69) is 20.3 Å². The van der Waals surface area contributed by atoms with Gasteiger partial charge in [0.2, 0.25) is 11.2 Å². The van der Waals surface area contributed by atoms with Crippen LogP contribution in [0.4, 0.5) is 5.95 Å². The predicted octanol–water partition coefficient (Wildman–Crippen LogP) is 1.26. The fourth-order valence-corrected chi connectivity index (χ4v) is 2.06. The number of nitrogens with zero attached hydrogens (tertiary/aromatic N) is 3. The molecule has 1 aliphatic heterocycles. The molecule has 0 spiro atoms. The zero-order valence-corrected chi connectivity index (χ0v) is 12.5. The van der Waals surface area contributed by atoms with Crippen LogP contribution in [0.3, 0.4) is 0 Å². The normalized spacial score (nSPS) is 26.0. The average Bonchev–Trinajstić information content (AvgIpc) is 2.66. The second-order valence-corrected chi connectivity index (χ2v) is 5.44. The zero-order chi connectivity index (χ0) is 14.8. The van der Waals surface area contributed by atoms with E-state index in [-0.39, 0.29) is 36.0 Å². The van der Waals surface area contributed by atoms with Gasteiger partial charge in [-0.25, -0.2) is 0 Å². The number of hydrogen-bond acceptors (Lipinski definition) is 7. The van der Waals surface area contributed by atoms with Crippen LogP contribution >= 0.6 is 11.6 Å². The highest BCUT2D eigenvalue weighted by molar-refractivity contribution is 6.28. The Bertz CT molecular complexity index is 474. The van der Waals surface area contributed by atoms with Gasteiger partial charge < -0.3 is 19.9 Å². The van der Waals surface area contributed by atoms with Gasteiger partial charge in [0.1, 0.15) is 5.60 Å². The Balaban J connectivity index is 2.04. The molecule has 0 amide bonds. The fourth-order valence-electron chi connectivity index (χ4n) is 1.91. The Morgan fingerprint density at radius 1 is 1.50 bits per heavy atom. The molecule has 1 fully saturated rings. The van der Waals surface area contributed by atoms with E-state index in [0.717, 1.165) is 0 Å². The first-order chi connectivity index (χ1) is 9.39. The third-order valence-electron chi connectivity index (χ3n) is 3.14. The molecule has 0 radical (unpaired) electrons. The molecule has 2 heterocycles. The highest BCUT2D eigenvalue weighted by atomic mass is 35.5. The monoisotopic (exact) mass is 302 g/mol. The van der Waals surface area contributed by atoms with Crippen molar-refractivity contribution in [2.75, 3.05) is 18.5 Å². The summed E-state index contributed by atoms with van der Waals surface area (Å²) >= 11 is 5.82. The van der Waals surface area contributed by atoms with Crippen LogP contribution in [0.25, 0.3) is 0 Å². The number of halogens is 1. The largest absolute Gasteiger partial charge is 0.461 e. The molecule has 1 saturated heterocycles. The molecule has 0 bridgehead atoms. The second kappa shape index (κ2) is 6.07. The van der Waals surface area contributed by atoms with Crippen LogP contribution in [0, 0.1) is 0 Å². The summed E-state index contributed by atoms with van der Waals surface area (Å²) in [6.07, 6.45) is 0.266. The number of hydrogen-bond donors (Lipinski definition) is 2. The SMILES string of the molecule is CC(C)Oc1nc(Cl)nc(NCC2(O)CCOC2C)n1. The zero-order valence-electron chi connectivity index (χ0n) is 11.8. The van der Waals surface area contributed by atoms with Gasteiger partial charge >= 0.3 is 6.01 Å². The van der Waals surface area contributed by atoms with Gasteiger partial charge in [0, 0.05) is 19.6 Å². The van der Waals surface area contributed by atoms with Crippen molar-refractivity contribution >= 4 is 17.5 Å². The van der Waals surface area contributed by atoms with Gasteiger partial charge in [-0.3, -0.25) is 0 Å². The van der Waals surface area contributed by atoms with Crippen molar-refractivity contribution in [3.8, 4) is 6.01 Å². The van der Waals surface area contributed by atoms with Crippen LogP contribution in [-0.4, -0.2) is 51.0 Å². The average molecular weight is 303 g/mol. The van der Waals surface area contributed by atoms with Gasteiger partial charge in [-0.1, -0.05) is 0 Å². The third-order valence-corrected chi connectivity index (χ3v) is 3.31. The standard InChI is InChI=1S/C12H19ClN4O3/c1-7(2)20-11-16-9(13)15-10(17-11)14-6-12(18)4-5-19-8(12)3/h7-8,18H,4-6H2,1-3H3,(H,14,15,16,17). The lowest BCUT2D eigenvalue weighted by Gasteiger charge is -2.26. The summed E-state index contributed by atoms with van der Waals surface area (Å²) in [5, 5.41) is 13.4. The summed E-state index contributed by atoms with van der Waals surface area (Å²) in [7, 11) is 0. The van der Waals surface area contributed by atoms with Gasteiger partial charge in [0.15, 0.2) is 0 Å². The van der Waals surface area contributed by atoms with Crippen LogP contribution < -0.4 is 10.1 Å². The summed E-state index contributed by atoms with van der Waals surface area (Å²) < 4.78 is 10.7. The first-order valence-corrected chi connectivity index (χ1v) is 6.93. The number of nitrogens with one attached hydrogen (secondary N) is 1. The highest BCUT2D eigenvalue weighted by Gasteiger charge is 2.39. The van der Waals surface area contributed by atoms with Crippen molar-refractivity contribution in [2.24, 2.45) is 0 Å². The number of anilines is 1. The van der Waals surface area contributed by atoms with Crippen LogP contribution in [-0.2, 0) is 4.74 Å². The summed E-state index contributed by atoms with van der Waals surface area (Å²) in [5.41, 5.74) is -0.932. The van der Waals surface area contributed by atoms with Crippen LogP contribution in [0.15, 0.2) is 0 Å². The molecular formula is C12H19ClN4O3. The quantitative estimate of drug-likeness (QED) is 0.846. The summed E-state index contributed by atoms with van der Waals surface area (Å²) in [4.78, 5) is 11.9. The van der Waals surface area contributed by atoms with Crippen molar-refractivity contribution in [3.63, 3.8) is 0 Å². The molecule has 1 aromatic heterocycles. The molecule has 0 aromatic carbocycles. The molecule has 1 aromatic rings. The van der Waals surface area contributed by atoms with E-state index in [0.29, 0.717) is 13.0 Å². The topological polar surface area (TPSA) is 89.4 Å². The minimum atomic E-state index is -0.932. The van der Waals surface area contributed by atoms with E-state index < -0.39 is 5.60 Å². The molecule has 20 heavy (non-hydrogen) atoms. The maximum atomic E-state index is 10.4. The molecule has 0 aliphatic carbocycles. The van der Waals surface area contributed by atoms with E-state index in [1.54, 1.807) is 0 Å². The molecule has 2 rings (SSSR count). The highest BCUT2D eigenvalue weighted by Crippen LogP contribution is 2.25. The van der Waals surface area contributed by atoms with Gasteiger partial charge in [-0.2, -0.15) is 15.0 Å². The maximum absolute atomic E-state index is 10.4. The number of rotatable bonds is 5. The van der Waals surface area contributed by atoms with Crippen molar-refractivity contribution in [3.05, 3.63) is 5.28 Å². The second-order valence-electron chi connectivity index (χ2n) is 5.10. The van der Waals surface area contributed by atoms with E-state index in [1.165, 1.54) is 0 Å². The van der Waals surface area contributed by atoms with E-state index in [4.69, 9.17) is 21.1 Å². The maximum Gasteiger partial charge on any atom is 0.322 e. The lowest BCUT2D eigenvalue weighted by molar-refractivity contribution is -0.0177. The Morgan fingerprint density at radius 2 is 2.25 bits per heavy atom. The summed E-state index contributed by atoms with van der Waals surface area (Å²) in [6, 6.07) is 0.158. The molecule has 8 heteroatoms. The Kier molecular flexibility index (Phi) is 4.62. The van der Waals surface area contributed by atoms with E-state index in [9.17, 15) is 5.11 Å². The first-order valence-electron chi connectivity index (χ1n) is 6.55. The van der Waals surface area contributed by atoms with Crippen LogP contribution in [0.2, 0.25) is 5.28 Å². The van der Waals surface area contributed by atoms with Crippen molar-refractivity contribution < 1.29 is 14.6 Å². The fraction of sp³-hybridized carbons (Fsp3) is 0.750. The molecule has 2 atom stereocenters. The van der Waals surface area contributed by atoms with Gasteiger partial charge in [-0.05, 0) is 32.4 Å². The third kappa shape index (κ3) is 3.68. The molecule has 7 nitrogen and oxygen atoms in total. The van der Waals surface area contributed by atoms with Gasteiger partial charge in [0.05, 0.1) is 12.2 Å². The molecule has 2 N–H and O–H groups in total. The van der Waals surface area contributed by atoms with Crippen molar-refractivity contribution in [1.82, 2.24) is 15.0 Å². The number of ether oxygens (including phenoxy) is 2. The smallest absolute Gasteiger partial charge is 0.322 e. The van der Waals surface area contributed by atoms with E-state index >= 15 is 0 Å². The molecule has 0 saturated carbocycles. The Hall–Kier alpha value is -1.18. The van der Waals surface area contributed by atoms with Crippen molar-refractivity contribution in [2.45, 2.75) is 45.0 Å². The van der Waals surface area contributed by atoms with Crippen molar-refractivity contribution in [1.29, 1.82) is 0 Å². The lowest BCUT2D eigenvalue weighted by atomic mass is 9.97. The first kappa shape index (κ1) is 15.2. The molecule has 112 valence electrons. The minimum absolute atomic E-state index is 0.0425. The van der Waals surface area contributed by atoms with E-state index in [1.807, 2.05) is 20.8 Å². The Labute approximate surface area is 122 Å². The summed E-state index contributed by atoms with van der Waals surface area (Å²) in [5.74, 6) is 0.271. The minimum Gasteiger partial charge on any atom is -0.461 e. The molecule has 2 unspecified atom stereocenters. The predicted molar refractivity (Wildman–Crippen MR) is 74.1 cm³/mol. The van der Waals surface area contributed by atoms with Gasteiger partial charge in [0.25, 0.3) is 0 Å². The number of aliphatic hydroxyl groups is 1. The Morgan fingerprint density at radius 3 is 2.85 bits per heavy atom.